The fourth-order valence-corrected chi connectivity index (χ4v) is 8.69. The second-order valence-electron chi connectivity index (χ2n) is 10.1. The third kappa shape index (κ3) is 4.65. The lowest BCUT2D eigenvalue weighted by Gasteiger charge is -2.43. The summed E-state index contributed by atoms with van der Waals surface area (Å²) in [6.45, 7) is 6.58. The Hall–Kier alpha value is -1.69. The van der Waals surface area contributed by atoms with Crippen LogP contribution in [0.2, 0.25) is 4.34 Å². The molecule has 1 aliphatic carbocycles. The lowest BCUT2D eigenvalue weighted by atomic mass is 9.64. The van der Waals surface area contributed by atoms with E-state index in [0.717, 1.165) is 22.7 Å². The number of hydrogen-bond donors (Lipinski definition) is 1. The molecule has 0 bridgehead atoms. The summed E-state index contributed by atoms with van der Waals surface area (Å²) in [7, 11) is -3.66. The molecule has 2 atom stereocenters. The summed E-state index contributed by atoms with van der Waals surface area (Å²) >= 11 is 6.86. The van der Waals surface area contributed by atoms with Crippen molar-refractivity contribution in [3.63, 3.8) is 0 Å². The van der Waals surface area contributed by atoms with Gasteiger partial charge in [-0.1, -0.05) is 32.4 Å². The van der Waals surface area contributed by atoms with Crippen LogP contribution in [0, 0.1) is 11.3 Å². The summed E-state index contributed by atoms with van der Waals surface area (Å²) in [5.41, 5.74) is -1.04. The number of sulfonamides is 1. The van der Waals surface area contributed by atoms with Crippen molar-refractivity contribution in [2.75, 3.05) is 32.7 Å². The fraction of sp³-hybridized carbons (Fsp3) is 0.667. The number of rotatable bonds is 4. The lowest BCUT2D eigenvalue weighted by molar-refractivity contribution is -0.141. The van der Waals surface area contributed by atoms with E-state index in [-0.39, 0.29) is 60.1 Å². The molecule has 4 amide bonds. The van der Waals surface area contributed by atoms with Crippen molar-refractivity contribution in [3.05, 3.63) is 16.5 Å². The first-order valence-corrected chi connectivity index (χ1v) is 13.6. The summed E-state index contributed by atoms with van der Waals surface area (Å²) in [4.78, 5) is 41.4. The Bertz CT molecular complexity index is 1080. The zero-order chi connectivity index (χ0) is 24.2. The van der Waals surface area contributed by atoms with Crippen LogP contribution in [-0.2, 0) is 19.6 Å². The molecular formula is C21H29ClN4O5S2. The number of piperazine rings is 1. The molecule has 9 nitrogen and oxygen atoms in total. The Kier molecular flexibility index (Phi) is 6.30. The molecule has 1 saturated carbocycles. The molecule has 2 saturated heterocycles. The summed E-state index contributed by atoms with van der Waals surface area (Å²) in [5.74, 6) is -0.423. The molecule has 0 aromatic carbocycles. The predicted octanol–water partition coefficient (Wildman–Crippen LogP) is 2.37. The van der Waals surface area contributed by atoms with Crippen LogP contribution in [0.4, 0.5) is 4.79 Å². The molecule has 182 valence electrons. The Labute approximate surface area is 203 Å². The molecule has 3 heterocycles. The van der Waals surface area contributed by atoms with Crippen LogP contribution in [0.1, 0.15) is 40.0 Å². The summed E-state index contributed by atoms with van der Waals surface area (Å²) in [6.07, 6.45) is 2.08. The molecule has 1 spiro atoms. The number of thiophene rings is 1. The third-order valence-corrected chi connectivity index (χ3v) is 10.2. The van der Waals surface area contributed by atoms with Gasteiger partial charge in [0, 0.05) is 26.2 Å². The Balaban J connectivity index is 1.38. The second kappa shape index (κ2) is 8.51. The molecule has 2 aliphatic heterocycles. The van der Waals surface area contributed by atoms with Crippen LogP contribution < -0.4 is 5.32 Å². The monoisotopic (exact) mass is 516 g/mol. The topological polar surface area (TPSA) is 107 Å². The third-order valence-electron chi connectivity index (χ3n) is 6.65. The van der Waals surface area contributed by atoms with Crippen molar-refractivity contribution in [1.82, 2.24) is 19.4 Å². The van der Waals surface area contributed by atoms with E-state index in [0.29, 0.717) is 17.2 Å². The van der Waals surface area contributed by atoms with Crippen LogP contribution in [0.3, 0.4) is 0 Å². The number of carbonyl (C=O) groups is 3. The van der Waals surface area contributed by atoms with Crippen molar-refractivity contribution in [2.45, 2.75) is 49.8 Å². The van der Waals surface area contributed by atoms with Gasteiger partial charge in [0.15, 0.2) is 0 Å². The van der Waals surface area contributed by atoms with E-state index in [9.17, 15) is 22.8 Å². The minimum absolute atomic E-state index is 0.0881. The van der Waals surface area contributed by atoms with Gasteiger partial charge in [-0.2, -0.15) is 4.31 Å². The Morgan fingerprint density at radius 1 is 1.18 bits per heavy atom. The number of imide groups is 1. The Morgan fingerprint density at radius 3 is 2.42 bits per heavy atom. The van der Waals surface area contributed by atoms with E-state index in [2.05, 4.69) is 26.1 Å². The highest BCUT2D eigenvalue weighted by Gasteiger charge is 2.56. The SMILES string of the molecule is C[C@H]1CC(C)(C)C[C@]2(C1)NC(=O)N(CC(=O)N1CCN(S(=O)(=O)c3ccc(Cl)s3)CC1)C2=O. The average molecular weight is 517 g/mol. The summed E-state index contributed by atoms with van der Waals surface area (Å²) < 4.78 is 27.4. The smallest absolute Gasteiger partial charge is 0.325 e. The predicted molar refractivity (Wildman–Crippen MR) is 124 cm³/mol. The van der Waals surface area contributed by atoms with Crippen LogP contribution >= 0.6 is 22.9 Å². The van der Waals surface area contributed by atoms with E-state index in [4.69, 9.17) is 11.6 Å². The van der Waals surface area contributed by atoms with Crippen molar-refractivity contribution >= 4 is 50.8 Å². The number of urea groups is 1. The van der Waals surface area contributed by atoms with Gasteiger partial charge in [0.1, 0.15) is 16.3 Å². The molecule has 1 aromatic heterocycles. The molecular weight excluding hydrogens is 488 g/mol. The van der Waals surface area contributed by atoms with Gasteiger partial charge in [-0.05, 0) is 42.7 Å². The van der Waals surface area contributed by atoms with Gasteiger partial charge in [0.2, 0.25) is 5.91 Å². The van der Waals surface area contributed by atoms with Gasteiger partial charge >= 0.3 is 6.03 Å². The first-order valence-electron chi connectivity index (χ1n) is 11.0. The first-order chi connectivity index (χ1) is 15.3. The number of nitrogens with zero attached hydrogens (tertiary/aromatic N) is 3. The van der Waals surface area contributed by atoms with E-state index in [1.807, 2.05) is 0 Å². The highest BCUT2D eigenvalue weighted by atomic mass is 35.5. The van der Waals surface area contributed by atoms with Crippen LogP contribution in [-0.4, -0.2) is 78.6 Å². The molecule has 12 heteroatoms. The Morgan fingerprint density at radius 2 is 1.85 bits per heavy atom. The molecule has 3 aliphatic rings. The number of carbonyl (C=O) groups excluding carboxylic acids is 3. The minimum atomic E-state index is -3.66. The van der Waals surface area contributed by atoms with E-state index in [1.54, 1.807) is 0 Å². The number of hydrogen-bond acceptors (Lipinski definition) is 6. The standard InChI is InChI=1S/C21H29ClN4O5S2/c1-14-10-20(2,3)13-21(11-14)18(28)26(19(29)23-21)12-16(27)24-6-8-25(9-7-24)33(30,31)17-5-4-15(22)32-17/h4-5,14H,6-13H2,1-3H3,(H,23,29)/t14-,21-/m0/s1. The number of amides is 4. The lowest BCUT2D eigenvalue weighted by Crippen LogP contribution is -2.55. The molecule has 3 fully saturated rings. The van der Waals surface area contributed by atoms with Crippen molar-refractivity contribution < 1.29 is 22.8 Å². The minimum Gasteiger partial charge on any atom is -0.338 e. The second-order valence-corrected chi connectivity index (χ2v) is 14.0. The molecule has 1 N–H and O–H groups in total. The van der Waals surface area contributed by atoms with Crippen molar-refractivity contribution in [2.24, 2.45) is 11.3 Å². The number of nitrogens with one attached hydrogen (secondary N) is 1. The van der Waals surface area contributed by atoms with Gasteiger partial charge < -0.3 is 10.2 Å². The quantitative estimate of drug-likeness (QED) is 0.618. The maximum Gasteiger partial charge on any atom is 0.325 e. The van der Waals surface area contributed by atoms with Crippen LogP contribution in [0.25, 0.3) is 0 Å². The fourth-order valence-electron chi connectivity index (χ4n) is 5.63. The molecule has 4 rings (SSSR count). The van der Waals surface area contributed by atoms with Crippen molar-refractivity contribution in [1.29, 1.82) is 0 Å². The normalized spacial score (nSPS) is 28.4. The maximum atomic E-state index is 13.3. The summed E-state index contributed by atoms with van der Waals surface area (Å²) in [6, 6.07) is 2.48. The van der Waals surface area contributed by atoms with Gasteiger partial charge in [0.25, 0.3) is 15.9 Å². The van der Waals surface area contributed by atoms with Gasteiger partial charge in [-0.15, -0.1) is 11.3 Å². The largest absolute Gasteiger partial charge is 0.338 e. The van der Waals surface area contributed by atoms with Crippen LogP contribution in [0.5, 0.6) is 0 Å². The molecule has 0 unspecified atom stereocenters. The molecule has 33 heavy (non-hydrogen) atoms. The average Bonchev–Trinajstić information content (AvgIpc) is 3.24. The van der Waals surface area contributed by atoms with Crippen LogP contribution in [0.15, 0.2) is 16.3 Å². The van der Waals surface area contributed by atoms with E-state index < -0.39 is 21.6 Å². The van der Waals surface area contributed by atoms with E-state index in [1.165, 1.54) is 21.3 Å². The highest BCUT2D eigenvalue weighted by molar-refractivity contribution is 7.91. The zero-order valence-corrected chi connectivity index (χ0v) is 21.4. The highest BCUT2D eigenvalue weighted by Crippen LogP contribution is 2.46. The molecule has 1 aromatic rings. The van der Waals surface area contributed by atoms with Gasteiger partial charge in [0.05, 0.1) is 4.34 Å². The van der Waals surface area contributed by atoms with E-state index >= 15 is 0 Å². The van der Waals surface area contributed by atoms with Gasteiger partial charge in [-0.3, -0.25) is 14.5 Å². The molecule has 0 radical (unpaired) electrons. The summed E-state index contributed by atoms with van der Waals surface area (Å²) in [5, 5.41) is 2.88. The zero-order valence-electron chi connectivity index (χ0n) is 19.0. The van der Waals surface area contributed by atoms with Crippen molar-refractivity contribution in [3.8, 4) is 0 Å². The van der Waals surface area contributed by atoms with Gasteiger partial charge in [-0.25, -0.2) is 13.2 Å². The maximum absolute atomic E-state index is 13.3. The first kappa shape index (κ1) is 24.4. The number of halogens is 1.